The second-order valence-corrected chi connectivity index (χ2v) is 5.32. The zero-order chi connectivity index (χ0) is 17.3. The number of carbonyl (C=O) groups excluding carboxylic acids is 2. The number of aryl methyl sites for hydroxylation is 2. The highest BCUT2D eigenvalue weighted by atomic mass is 16.6. The number of hydrogen-bond donors (Lipinski definition) is 0. The summed E-state index contributed by atoms with van der Waals surface area (Å²) in [4.78, 5) is 27.8. The third-order valence-electron chi connectivity index (χ3n) is 3.51. The fourth-order valence-electron chi connectivity index (χ4n) is 2.33. The van der Waals surface area contributed by atoms with Gasteiger partial charge in [-0.1, -0.05) is 17.7 Å². The molecule has 0 saturated heterocycles. The lowest BCUT2D eigenvalue weighted by molar-refractivity contribution is -0.129. The largest absolute Gasteiger partial charge is 0.465 e. The molecule has 6 nitrogen and oxygen atoms in total. The predicted octanol–water partition coefficient (Wildman–Crippen LogP) is 3.03. The Morgan fingerprint density at radius 1 is 1.25 bits per heavy atom. The maximum absolute atomic E-state index is 12.0. The van der Waals surface area contributed by atoms with Crippen LogP contribution in [0.25, 0.3) is 6.08 Å². The summed E-state index contributed by atoms with van der Waals surface area (Å²) in [5, 5.41) is 0. The number of methoxy groups -OCH3 is 1. The van der Waals surface area contributed by atoms with Gasteiger partial charge in [-0.2, -0.15) is 0 Å². The highest BCUT2D eigenvalue weighted by molar-refractivity contribution is 6.12. The molecule has 0 radical (unpaired) electrons. The molecule has 0 spiro atoms. The molecule has 0 fully saturated rings. The average Bonchev–Trinajstić information content (AvgIpc) is 3.10. The summed E-state index contributed by atoms with van der Waals surface area (Å²) in [6.45, 7) is 3.58. The van der Waals surface area contributed by atoms with E-state index in [1.807, 2.05) is 31.2 Å². The topological polar surface area (TPSA) is 78.1 Å². The summed E-state index contributed by atoms with van der Waals surface area (Å²) in [6.07, 6.45) is 1.44. The Balaban J connectivity index is 1.93. The van der Waals surface area contributed by atoms with Gasteiger partial charge in [0.2, 0.25) is 5.90 Å². The van der Waals surface area contributed by atoms with Gasteiger partial charge in [0.25, 0.3) is 0 Å². The molecule has 0 aliphatic carbocycles. The number of ether oxygens (including phenoxy) is 2. The number of aliphatic imine (C=N–C) groups is 1. The molecule has 1 aliphatic heterocycles. The molecule has 0 saturated carbocycles. The number of carbonyl (C=O) groups is 2. The number of esters is 2. The number of benzene rings is 1. The standard InChI is InChI=1S/C18H15NO5/c1-10-5-4-6-12(7-10)16-19-15(18(21)24-16)9-13-8-14(11(2)23-13)17(20)22-3/h4-9H,1-3H3. The van der Waals surface area contributed by atoms with E-state index in [2.05, 4.69) is 9.73 Å². The minimum atomic E-state index is -0.569. The lowest BCUT2D eigenvalue weighted by Gasteiger charge is -1.99. The molecule has 1 aromatic heterocycles. The van der Waals surface area contributed by atoms with Crippen LogP contribution in [0.4, 0.5) is 0 Å². The van der Waals surface area contributed by atoms with Crippen molar-refractivity contribution in [1.29, 1.82) is 0 Å². The van der Waals surface area contributed by atoms with E-state index in [4.69, 9.17) is 9.15 Å². The third kappa shape index (κ3) is 2.99. The van der Waals surface area contributed by atoms with E-state index < -0.39 is 11.9 Å². The molecule has 24 heavy (non-hydrogen) atoms. The van der Waals surface area contributed by atoms with E-state index >= 15 is 0 Å². The normalized spacial score (nSPS) is 15.4. The molecule has 1 aromatic carbocycles. The number of nitrogens with zero attached hydrogens (tertiary/aromatic N) is 1. The van der Waals surface area contributed by atoms with Crippen LogP contribution in [0.1, 0.15) is 33.0 Å². The van der Waals surface area contributed by atoms with E-state index in [-0.39, 0.29) is 11.6 Å². The van der Waals surface area contributed by atoms with Gasteiger partial charge in [-0.25, -0.2) is 14.6 Å². The first-order valence-corrected chi connectivity index (χ1v) is 7.26. The third-order valence-corrected chi connectivity index (χ3v) is 3.51. The van der Waals surface area contributed by atoms with Gasteiger partial charge in [0.1, 0.15) is 17.1 Å². The van der Waals surface area contributed by atoms with Gasteiger partial charge in [0, 0.05) is 11.6 Å². The van der Waals surface area contributed by atoms with Crippen LogP contribution in [0.2, 0.25) is 0 Å². The molecule has 3 rings (SSSR count). The quantitative estimate of drug-likeness (QED) is 0.640. The van der Waals surface area contributed by atoms with Crippen molar-refractivity contribution in [2.24, 2.45) is 4.99 Å². The SMILES string of the molecule is COC(=O)c1cc(C=C2N=C(c3cccc(C)c3)OC2=O)oc1C. The zero-order valence-electron chi connectivity index (χ0n) is 13.5. The van der Waals surface area contributed by atoms with Crippen LogP contribution >= 0.6 is 0 Å². The Bertz CT molecular complexity index is 889. The molecule has 122 valence electrons. The van der Waals surface area contributed by atoms with E-state index in [0.717, 1.165) is 11.1 Å². The highest BCUT2D eigenvalue weighted by Gasteiger charge is 2.25. The zero-order valence-corrected chi connectivity index (χ0v) is 13.5. The summed E-state index contributed by atoms with van der Waals surface area (Å²) in [5.74, 6) is -0.0949. The second kappa shape index (κ2) is 6.16. The summed E-state index contributed by atoms with van der Waals surface area (Å²) in [6, 6.07) is 9.00. The minimum Gasteiger partial charge on any atom is -0.465 e. The van der Waals surface area contributed by atoms with Crippen molar-refractivity contribution in [2.45, 2.75) is 13.8 Å². The van der Waals surface area contributed by atoms with Crippen molar-refractivity contribution in [3.05, 3.63) is 64.2 Å². The second-order valence-electron chi connectivity index (χ2n) is 5.32. The van der Waals surface area contributed by atoms with Gasteiger partial charge in [-0.05, 0) is 32.0 Å². The molecular formula is C18H15NO5. The Morgan fingerprint density at radius 3 is 2.75 bits per heavy atom. The molecule has 0 bridgehead atoms. The fraction of sp³-hybridized carbons (Fsp3) is 0.167. The van der Waals surface area contributed by atoms with Crippen LogP contribution in [0, 0.1) is 13.8 Å². The molecule has 0 unspecified atom stereocenters. The first-order valence-electron chi connectivity index (χ1n) is 7.26. The average molecular weight is 325 g/mol. The number of cyclic esters (lactones) is 1. The molecule has 0 atom stereocenters. The van der Waals surface area contributed by atoms with Crippen LogP contribution in [0.3, 0.4) is 0 Å². The van der Waals surface area contributed by atoms with Gasteiger partial charge in [-0.15, -0.1) is 0 Å². The lowest BCUT2D eigenvalue weighted by atomic mass is 10.1. The van der Waals surface area contributed by atoms with Crippen LogP contribution in [-0.2, 0) is 14.3 Å². The van der Waals surface area contributed by atoms with E-state index in [9.17, 15) is 9.59 Å². The summed E-state index contributed by atoms with van der Waals surface area (Å²) >= 11 is 0. The van der Waals surface area contributed by atoms with Crippen LogP contribution < -0.4 is 0 Å². The molecule has 0 amide bonds. The summed E-state index contributed by atoms with van der Waals surface area (Å²) in [7, 11) is 1.29. The van der Waals surface area contributed by atoms with Gasteiger partial charge in [0.15, 0.2) is 5.70 Å². The van der Waals surface area contributed by atoms with Gasteiger partial charge < -0.3 is 13.9 Å². The molecule has 2 aromatic rings. The number of hydrogen-bond acceptors (Lipinski definition) is 6. The molecule has 2 heterocycles. The Hall–Kier alpha value is -3.15. The van der Waals surface area contributed by atoms with E-state index in [1.165, 1.54) is 19.3 Å². The number of furan rings is 1. The summed E-state index contributed by atoms with van der Waals surface area (Å²) < 4.78 is 15.3. The molecule has 1 aliphatic rings. The maximum atomic E-state index is 12.0. The van der Waals surface area contributed by atoms with Crippen molar-refractivity contribution in [3.63, 3.8) is 0 Å². The monoisotopic (exact) mass is 325 g/mol. The lowest BCUT2D eigenvalue weighted by Crippen LogP contribution is -2.05. The van der Waals surface area contributed by atoms with Gasteiger partial charge in [0.05, 0.1) is 7.11 Å². The summed E-state index contributed by atoms with van der Waals surface area (Å²) in [5.41, 5.74) is 2.17. The molecular weight excluding hydrogens is 310 g/mol. The van der Waals surface area contributed by atoms with Crippen molar-refractivity contribution >= 4 is 23.9 Å². The smallest absolute Gasteiger partial charge is 0.363 e. The maximum Gasteiger partial charge on any atom is 0.363 e. The van der Waals surface area contributed by atoms with Gasteiger partial charge >= 0.3 is 11.9 Å². The first-order chi connectivity index (χ1) is 11.5. The Kier molecular flexibility index (Phi) is 4.04. The van der Waals surface area contributed by atoms with Crippen LogP contribution in [0.15, 0.2) is 45.4 Å². The number of rotatable bonds is 3. The van der Waals surface area contributed by atoms with Crippen molar-refractivity contribution in [1.82, 2.24) is 0 Å². The Morgan fingerprint density at radius 2 is 2.04 bits per heavy atom. The van der Waals surface area contributed by atoms with Crippen LogP contribution in [0.5, 0.6) is 0 Å². The van der Waals surface area contributed by atoms with Crippen molar-refractivity contribution < 1.29 is 23.5 Å². The van der Waals surface area contributed by atoms with Crippen LogP contribution in [-0.4, -0.2) is 24.9 Å². The van der Waals surface area contributed by atoms with Crippen molar-refractivity contribution in [3.8, 4) is 0 Å². The predicted molar refractivity (Wildman–Crippen MR) is 86.6 cm³/mol. The highest BCUT2D eigenvalue weighted by Crippen LogP contribution is 2.22. The minimum absolute atomic E-state index is 0.108. The van der Waals surface area contributed by atoms with Crippen molar-refractivity contribution in [2.75, 3.05) is 7.11 Å². The van der Waals surface area contributed by atoms with Gasteiger partial charge in [-0.3, -0.25) is 0 Å². The fourth-order valence-corrected chi connectivity index (χ4v) is 2.33. The molecule has 0 N–H and O–H groups in total. The Labute approximate surface area is 138 Å². The molecule has 6 heteroatoms. The first kappa shape index (κ1) is 15.7. The van der Waals surface area contributed by atoms with E-state index in [0.29, 0.717) is 17.1 Å². The van der Waals surface area contributed by atoms with E-state index in [1.54, 1.807) is 6.92 Å².